The fourth-order valence-corrected chi connectivity index (χ4v) is 1.53. The van der Waals surface area contributed by atoms with Crippen LogP contribution in [0, 0.1) is 0 Å². The molecule has 0 amide bonds. The quantitative estimate of drug-likeness (QED) is 0.453. The van der Waals surface area contributed by atoms with Crippen molar-refractivity contribution in [3.63, 3.8) is 0 Å². The molecular formula is C11H13F2N3O3. The molecule has 0 saturated heterocycles. The minimum Gasteiger partial charge on any atom is -0.434 e. The van der Waals surface area contributed by atoms with Crippen LogP contribution in [-0.2, 0) is 0 Å². The maximum atomic E-state index is 12.2. The zero-order valence-corrected chi connectivity index (χ0v) is 9.86. The fraction of sp³-hybridized carbons (Fsp3) is 0.455. The van der Waals surface area contributed by atoms with E-state index < -0.39 is 18.8 Å². The van der Waals surface area contributed by atoms with Crippen LogP contribution in [0.2, 0.25) is 0 Å². The monoisotopic (exact) mass is 273 g/mol. The van der Waals surface area contributed by atoms with E-state index in [-0.39, 0.29) is 24.3 Å². The molecule has 1 aromatic rings. The Morgan fingerprint density at radius 3 is 2.63 bits per heavy atom. The normalized spacial score (nSPS) is 13.7. The van der Waals surface area contributed by atoms with Gasteiger partial charge >= 0.3 is 6.61 Å². The van der Waals surface area contributed by atoms with E-state index >= 15 is 0 Å². The van der Waals surface area contributed by atoms with Crippen LogP contribution in [0.4, 0.5) is 8.78 Å². The van der Waals surface area contributed by atoms with Crippen LogP contribution >= 0.6 is 0 Å². The van der Waals surface area contributed by atoms with Crippen molar-refractivity contribution in [2.45, 2.75) is 25.2 Å². The summed E-state index contributed by atoms with van der Waals surface area (Å²) in [6.07, 6.45) is -2.63. The molecule has 104 valence electrons. The average Bonchev–Trinajstić information content (AvgIpc) is 2.38. The van der Waals surface area contributed by atoms with Crippen molar-refractivity contribution in [2.75, 3.05) is 6.54 Å². The second kappa shape index (κ2) is 7.52. The van der Waals surface area contributed by atoms with E-state index in [0.29, 0.717) is 0 Å². The number of benzene rings is 1. The highest BCUT2D eigenvalue weighted by atomic mass is 19.3. The second-order valence-corrected chi connectivity index (χ2v) is 3.67. The zero-order chi connectivity index (χ0) is 14.3. The largest absolute Gasteiger partial charge is 0.434 e. The van der Waals surface area contributed by atoms with Gasteiger partial charge in [-0.05, 0) is 18.0 Å². The first-order valence-electron chi connectivity index (χ1n) is 5.47. The van der Waals surface area contributed by atoms with Gasteiger partial charge in [-0.15, -0.1) is 0 Å². The van der Waals surface area contributed by atoms with Crippen molar-refractivity contribution in [1.29, 1.82) is 0 Å². The van der Waals surface area contributed by atoms with Crippen LogP contribution in [0.5, 0.6) is 5.75 Å². The summed E-state index contributed by atoms with van der Waals surface area (Å²) in [6.45, 7) is -3.03. The highest BCUT2D eigenvalue weighted by Crippen LogP contribution is 2.29. The lowest BCUT2D eigenvalue weighted by Gasteiger charge is -2.20. The summed E-state index contributed by atoms with van der Waals surface area (Å²) in [5.41, 5.74) is 8.14. The van der Waals surface area contributed by atoms with E-state index in [1.54, 1.807) is 0 Å². The Kier molecular flexibility index (Phi) is 6.01. The Labute approximate surface area is 107 Å². The number of ether oxygens (including phenoxy) is 1. The number of aliphatic hydroxyl groups is 2. The third-order valence-corrected chi connectivity index (χ3v) is 2.41. The van der Waals surface area contributed by atoms with Gasteiger partial charge < -0.3 is 14.9 Å². The van der Waals surface area contributed by atoms with Crippen molar-refractivity contribution >= 4 is 0 Å². The van der Waals surface area contributed by atoms with Crippen LogP contribution < -0.4 is 4.74 Å². The van der Waals surface area contributed by atoms with Gasteiger partial charge in [0.25, 0.3) is 0 Å². The molecule has 0 aromatic heterocycles. The number of alkyl halides is 2. The number of hydrogen-bond donors (Lipinski definition) is 2. The van der Waals surface area contributed by atoms with Crippen LogP contribution in [0.25, 0.3) is 10.4 Å². The third-order valence-electron chi connectivity index (χ3n) is 2.41. The van der Waals surface area contributed by atoms with Gasteiger partial charge in [0.2, 0.25) is 0 Å². The summed E-state index contributed by atoms with van der Waals surface area (Å²) >= 11 is 0. The molecule has 0 spiro atoms. The first-order valence-corrected chi connectivity index (χ1v) is 5.47. The highest BCUT2D eigenvalue weighted by molar-refractivity contribution is 5.35. The smallest absolute Gasteiger partial charge is 0.387 e. The fourth-order valence-electron chi connectivity index (χ4n) is 1.53. The summed E-state index contributed by atoms with van der Waals surface area (Å²) in [6, 6.07) is 5.64. The Morgan fingerprint density at radius 2 is 2.00 bits per heavy atom. The van der Waals surface area contributed by atoms with Gasteiger partial charge in [-0.25, -0.2) is 0 Å². The molecule has 0 heterocycles. The molecule has 0 bridgehead atoms. The van der Waals surface area contributed by atoms with Crippen LogP contribution in [0.3, 0.4) is 0 Å². The van der Waals surface area contributed by atoms with Gasteiger partial charge in [0, 0.05) is 17.0 Å². The van der Waals surface area contributed by atoms with Crippen LogP contribution in [-0.4, -0.2) is 29.5 Å². The van der Waals surface area contributed by atoms with E-state index in [4.69, 9.17) is 5.53 Å². The maximum absolute atomic E-state index is 12.2. The number of aliphatic hydroxyl groups excluding tert-OH is 2. The van der Waals surface area contributed by atoms with Crippen molar-refractivity contribution < 1.29 is 23.7 Å². The van der Waals surface area contributed by atoms with Crippen molar-refractivity contribution in [3.8, 4) is 5.75 Å². The third kappa shape index (κ3) is 4.70. The van der Waals surface area contributed by atoms with Gasteiger partial charge in [-0.2, -0.15) is 8.78 Å². The van der Waals surface area contributed by atoms with Crippen molar-refractivity contribution in [1.82, 2.24) is 0 Å². The molecule has 19 heavy (non-hydrogen) atoms. The van der Waals surface area contributed by atoms with Gasteiger partial charge in [0.1, 0.15) is 11.9 Å². The summed E-state index contributed by atoms with van der Waals surface area (Å²) in [7, 11) is 0. The molecule has 2 N–H and O–H groups in total. The minimum absolute atomic E-state index is 0.00734. The first kappa shape index (κ1) is 15.2. The number of hydrogen-bond acceptors (Lipinski definition) is 4. The summed E-state index contributed by atoms with van der Waals surface area (Å²) < 4.78 is 28.6. The Balaban J connectivity index is 2.79. The van der Waals surface area contributed by atoms with Gasteiger partial charge in [-0.3, -0.25) is 0 Å². The van der Waals surface area contributed by atoms with Crippen molar-refractivity contribution in [3.05, 3.63) is 40.3 Å². The molecule has 1 rings (SSSR count). The number of rotatable bonds is 7. The Morgan fingerprint density at radius 1 is 1.32 bits per heavy atom. The highest BCUT2D eigenvalue weighted by Gasteiger charge is 2.22. The van der Waals surface area contributed by atoms with Crippen molar-refractivity contribution in [2.24, 2.45) is 5.11 Å². The number of nitrogens with zero attached hydrogens (tertiary/aromatic N) is 3. The molecule has 1 aromatic carbocycles. The van der Waals surface area contributed by atoms with E-state index in [1.165, 1.54) is 24.3 Å². The molecular weight excluding hydrogens is 260 g/mol. The maximum Gasteiger partial charge on any atom is 0.387 e. The molecule has 0 radical (unpaired) electrons. The van der Waals surface area contributed by atoms with E-state index in [1.807, 2.05) is 0 Å². The molecule has 0 saturated carbocycles. The molecule has 2 unspecified atom stereocenters. The predicted molar refractivity (Wildman–Crippen MR) is 62.7 cm³/mol. The van der Waals surface area contributed by atoms with Gasteiger partial charge in [-0.1, -0.05) is 23.3 Å². The first-order chi connectivity index (χ1) is 9.06. The standard InChI is InChI=1S/C11H13F2N3O3/c12-11(13)19-9-4-2-1-3-7(9)10(18)8(17)5-6-15-16-14/h1-4,8,10-11,17-18H,5-6H2. The summed E-state index contributed by atoms with van der Waals surface area (Å²) in [5, 5.41) is 22.8. The molecule has 2 atom stereocenters. The van der Waals surface area contributed by atoms with Crippen LogP contribution in [0.15, 0.2) is 29.4 Å². The molecule has 0 aliphatic rings. The average molecular weight is 273 g/mol. The predicted octanol–water partition coefficient (Wildman–Crippen LogP) is 2.38. The zero-order valence-electron chi connectivity index (χ0n) is 9.86. The summed E-state index contributed by atoms with van der Waals surface area (Å²) in [4.78, 5) is 2.51. The molecule has 0 fully saturated rings. The minimum atomic E-state index is -3.02. The second-order valence-electron chi connectivity index (χ2n) is 3.67. The van der Waals surface area contributed by atoms with E-state index in [2.05, 4.69) is 14.8 Å². The lowest BCUT2D eigenvalue weighted by molar-refractivity contribution is -0.0540. The number of azide groups is 1. The van der Waals surface area contributed by atoms with E-state index in [9.17, 15) is 19.0 Å². The lowest BCUT2D eigenvalue weighted by Crippen LogP contribution is -2.20. The molecule has 0 aliphatic heterocycles. The van der Waals surface area contributed by atoms with Crippen LogP contribution in [0.1, 0.15) is 18.1 Å². The Bertz CT molecular complexity index is 453. The molecule has 0 aliphatic carbocycles. The number of para-hydroxylation sites is 1. The molecule has 6 nitrogen and oxygen atoms in total. The lowest BCUT2D eigenvalue weighted by atomic mass is 10.0. The van der Waals surface area contributed by atoms with Gasteiger partial charge in [0.15, 0.2) is 0 Å². The SMILES string of the molecule is [N-]=[N+]=NCCC(O)C(O)c1ccccc1OC(F)F. The summed E-state index contributed by atoms with van der Waals surface area (Å²) in [5.74, 6) is -0.201. The molecule has 8 heteroatoms. The Hall–Kier alpha value is -1.89. The topological polar surface area (TPSA) is 98.5 Å². The van der Waals surface area contributed by atoms with Gasteiger partial charge in [0.05, 0.1) is 6.10 Å². The number of halogens is 2. The van der Waals surface area contributed by atoms with E-state index in [0.717, 1.165) is 0 Å².